The fourth-order valence-corrected chi connectivity index (χ4v) is 4.63. The molecule has 0 bridgehead atoms. The zero-order chi connectivity index (χ0) is 31.6. The van der Waals surface area contributed by atoms with Crippen LogP contribution < -0.4 is 21.5 Å². The fraction of sp³-hybridized carbons (Fsp3) is 0.161. The highest BCUT2D eigenvalue weighted by Gasteiger charge is 2.35. The molecule has 9 nitrogen and oxygen atoms in total. The molecule has 0 aliphatic rings. The molecule has 0 saturated heterocycles. The van der Waals surface area contributed by atoms with E-state index in [9.17, 15) is 31.9 Å². The standard InChI is InChI=1S/C31H26F4N6O3/c1-41(2)14-13-37-28(42)17-3-9-21-23(15-17)26-25(11-12-36-27(26)40-29(21)43)38-19-5-7-20(8-6-19)39-30(44)22-10-4-18(32)16-24(22)31(33,34)35/h3-12,15-16H,13-14H2,1-2H3,(H,37,42)(H,39,44)(H2,36,38,40,43). The van der Waals surface area contributed by atoms with Gasteiger partial charge in [-0.25, -0.2) is 9.37 Å². The van der Waals surface area contributed by atoms with E-state index in [-0.39, 0.29) is 23.2 Å². The van der Waals surface area contributed by atoms with Crippen LogP contribution in [-0.2, 0) is 6.18 Å². The summed E-state index contributed by atoms with van der Waals surface area (Å²) in [6.45, 7) is 1.10. The van der Waals surface area contributed by atoms with Crippen molar-refractivity contribution in [2.24, 2.45) is 0 Å². The number of carbonyl (C=O) groups excluding carboxylic acids is 2. The van der Waals surface area contributed by atoms with Crippen molar-refractivity contribution in [3.8, 4) is 0 Å². The van der Waals surface area contributed by atoms with Gasteiger partial charge in [0.05, 0.1) is 16.8 Å². The number of nitrogens with one attached hydrogen (secondary N) is 4. The first-order valence-electron chi connectivity index (χ1n) is 13.3. The predicted octanol–water partition coefficient (Wildman–Crippen LogP) is 5.52. The maximum Gasteiger partial charge on any atom is 0.417 e. The van der Waals surface area contributed by atoms with Gasteiger partial charge in [0.15, 0.2) is 0 Å². The van der Waals surface area contributed by atoms with Gasteiger partial charge in [-0.15, -0.1) is 0 Å². The molecule has 0 unspecified atom stereocenters. The third-order valence-corrected chi connectivity index (χ3v) is 6.78. The number of benzene rings is 3. The molecule has 3 aromatic carbocycles. The van der Waals surface area contributed by atoms with E-state index in [1.54, 1.807) is 36.4 Å². The van der Waals surface area contributed by atoms with E-state index in [1.807, 2.05) is 19.0 Å². The van der Waals surface area contributed by atoms with E-state index in [0.717, 1.165) is 12.1 Å². The smallest absolute Gasteiger partial charge is 0.355 e. The van der Waals surface area contributed by atoms with Crippen LogP contribution in [0.1, 0.15) is 26.3 Å². The molecule has 0 aliphatic heterocycles. The highest BCUT2D eigenvalue weighted by Crippen LogP contribution is 2.34. The van der Waals surface area contributed by atoms with Crippen molar-refractivity contribution in [2.45, 2.75) is 6.18 Å². The van der Waals surface area contributed by atoms with E-state index in [4.69, 9.17) is 0 Å². The zero-order valence-corrected chi connectivity index (χ0v) is 23.5. The number of anilines is 3. The van der Waals surface area contributed by atoms with Crippen LogP contribution in [0.4, 0.5) is 34.6 Å². The number of amides is 2. The number of fused-ring (bicyclic) bond motifs is 3. The molecule has 44 heavy (non-hydrogen) atoms. The van der Waals surface area contributed by atoms with Crippen molar-refractivity contribution in [1.29, 1.82) is 0 Å². The second-order valence-corrected chi connectivity index (χ2v) is 10.2. The van der Waals surface area contributed by atoms with Gasteiger partial charge >= 0.3 is 6.18 Å². The van der Waals surface area contributed by atoms with Crippen molar-refractivity contribution >= 4 is 50.7 Å². The number of rotatable bonds is 8. The summed E-state index contributed by atoms with van der Waals surface area (Å²) in [6.07, 6.45) is -3.42. The Morgan fingerprint density at radius 1 is 0.909 bits per heavy atom. The van der Waals surface area contributed by atoms with Gasteiger partial charge in [0, 0.05) is 52.4 Å². The van der Waals surface area contributed by atoms with Crippen molar-refractivity contribution in [2.75, 3.05) is 37.8 Å². The van der Waals surface area contributed by atoms with Crippen molar-refractivity contribution in [3.05, 3.63) is 106 Å². The Balaban J connectivity index is 1.42. The molecule has 2 amide bonds. The number of aromatic amines is 1. The molecule has 0 atom stereocenters. The van der Waals surface area contributed by atoms with E-state index in [2.05, 4.69) is 25.9 Å². The number of hydrogen-bond donors (Lipinski definition) is 4. The van der Waals surface area contributed by atoms with Crippen LogP contribution >= 0.6 is 0 Å². The van der Waals surface area contributed by atoms with Gasteiger partial charge in [-0.05, 0) is 80.8 Å². The minimum Gasteiger partial charge on any atom is -0.355 e. The molecule has 2 heterocycles. The van der Waals surface area contributed by atoms with Crippen LogP contribution in [-0.4, -0.2) is 53.9 Å². The third kappa shape index (κ3) is 6.52. The Labute approximate surface area is 247 Å². The summed E-state index contributed by atoms with van der Waals surface area (Å²) in [7, 11) is 3.79. The largest absolute Gasteiger partial charge is 0.417 e. The Morgan fingerprint density at radius 3 is 2.34 bits per heavy atom. The summed E-state index contributed by atoms with van der Waals surface area (Å²) in [4.78, 5) is 47.2. The number of pyridine rings is 2. The van der Waals surface area contributed by atoms with Crippen LogP contribution in [0, 0.1) is 5.82 Å². The van der Waals surface area contributed by atoms with E-state index < -0.39 is 29.0 Å². The number of hydrogen-bond acceptors (Lipinski definition) is 6. The average molecular weight is 607 g/mol. The van der Waals surface area contributed by atoms with Crippen LogP contribution in [0.2, 0.25) is 0 Å². The summed E-state index contributed by atoms with van der Waals surface area (Å²) in [5.41, 5.74) is -0.490. The summed E-state index contributed by atoms with van der Waals surface area (Å²) in [5.74, 6) is -2.44. The van der Waals surface area contributed by atoms with Gasteiger partial charge < -0.3 is 25.8 Å². The average Bonchev–Trinajstić information content (AvgIpc) is 2.97. The molecule has 13 heteroatoms. The second kappa shape index (κ2) is 12.1. The first-order valence-corrected chi connectivity index (χ1v) is 13.3. The Kier molecular flexibility index (Phi) is 8.32. The Morgan fingerprint density at radius 2 is 1.64 bits per heavy atom. The summed E-state index contributed by atoms with van der Waals surface area (Å²) >= 11 is 0. The topological polar surface area (TPSA) is 119 Å². The first kappa shape index (κ1) is 30.2. The molecular formula is C31H26F4N6O3. The number of halogens is 4. The summed E-state index contributed by atoms with van der Waals surface area (Å²) in [6, 6.07) is 14.5. The highest BCUT2D eigenvalue weighted by atomic mass is 19.4. The first-order chi connectivity index (χ1) is 20.9. The van der Waals surface area contributed by atoms with Gasteiger partial charge in [-0.3, -0.25) is 14.4 Å². The number of likely N-dealkylation sites (N-methyl/N-ethyl adjacent to an activating group) is 1. The van der Waals surface area contributed by atoms with Crippen LogP contribution in [0.15, 0.2) is 77.7 Å². The lowest BCUT2D eigenvalue weighted by atomic mass is 10.0. The lowest BCUT2D eigenvalue weighted by Gasteiger charge is -2.14. The summed E-state index contributed by atoms with van der Waals surface area (Å²) < 4.78 is 53.5. The lowest BCUT2D eigenvalue weighted by Crippen LogP contribution is -2.31. The molecular weight excluding hydrogens is 580 g/mol. The quantitative estimate of drug-likeness (QED) is 0.136. The van der Waals surface area contributed by atoms with Crippen LogP contribution in [0.3, 0.4) is 0 Å². The second-order valence-electron chi connectivity index (χ2n) is 10.2. The minimum absolute atomic E-state index is 0.206. The monoisotopic (exact) mass is 606 g/mol. The number of carbonyl (C=O) groups is 2. The highest BCUT2D eigenvalue weighted by molar-refractivity contribution is 6.13. The number of H-pyrrole nitrogens is 1. The number of aromatic nitrogens is 2. The molecule has 5 aromatic rings. The van der Waals surface area contributed by atoms with Crippen molar-refractivity contribution in [1.82, 2.24) is 20.2 Å². The van der Waals surface area contributed by atoms with Crippen molar-refractivity contribution in [3.63, 3.8) is 0 Å². The molecule has 4 N–H and O–H groups in total. The molecule has 226 valence electrons. The minimum atomic E-state index is -4.92. The van der Waals surface area contributed by atoms with Gasteiger partial charge in [0.25, 0.3) is 17.4 Å². The maximum absolute atomic E-state index is 13.4. The Bertz CT molecular complexity index is 1940. The molecule has 0 radical (unpaired) electrons. The number of alkyl halides is 3. The molecule has 0 saturated carbocycles. The van der Waals surface area contributed by atoms with Crippen LogP contribution in [0.5, 0.6) is 0 Å². The SMILES string of the molecule is CN(C)CCNC(=O)c1ccc2c(=O)[nH]c3nccc(Nc4ccc(NC(=O)c5ccc(F)cc5C(F)(F)F)cc4)c3c2c1. The molecule has 2 aromatic heterocycles. The zero-order valence-electron chi connectivity index (χ0n) is 23.5. The molecule has 0 fully saturated rings. The lowest BCUT2D eigenvalue weighted by molar-refractivity contribution is -0.138. The maximum atomic E-state index is 13.4. The van der Waals surface area contributed by atoms with Crippen molar-refractivity contribution < 1.29 is 27.2 Å². The predicted molar refractivity (Wildman–Crippen MR) is 160 cm³/mol. The van der Waals surface area contributed by atoms with Gasteiger partial charge in [-0.1, -0.05) is 0 Å². The number of nitrogens with zero attached hydrogens (tertiary/aromatic N) is 2. The van der Waals surface area contributed by atoms with Crippen LogP contribution in [0.25, 0.3) is 21.8 Å². The van der Waals surface area contributed by atoms with Gasteiger partial charge in [0.1, 0.15) is 11.5 Å². The van der Waals surface area contributed by atoms with E-state index in [1.165, 1.54) is 18.3 Å². The third-order valence-electron chi connectivity index (χ3n) is 6.78. The normalized spacial score (nSPS) is 11.6. The Hall–Kier alpha value is -5.30. The molecule has 0 aliphatic carbocycles. The van der Waals surface area contributed by atoms with Gasteiger partial charge in [0.2, 0.25) is 0 Å². The van der Waals surface area contributed by atoms with E-state index in [0.29, 0.717) is 51.8 Å². The van der Waals surface area contributed by atoms with Gasteiger partial charge in [-0.2, -0.15) is 13.2 Å². The fourth-order valence-electron chi connectivity index (χ4n) is 4.63. The molecule has 0 spiro atoms. The summed E-state index contributed by atoms with van der Waals surface area (Å²) in [5, 5.41) is 9.90. The van der Waals surface area contributed by atoms with E-state index >= 15 is 0 Å². The molecule has 5 rings (SSSR count).